The van der Waals surface area contributed by atoms with Gasteiger partial charge in [-0.25, -0.2) is 4.79 Å². The van der Waals surface area contributed by atoms with E-state index in [1.807, 2.05) is 30.3 Å². The zero-order chi connectivity index (χ0) is 17.8. The number of anilines is 1. The molecule has 3 aromatic carbocycles. The SMILES string of the molecule is C[C@@H](OC(=O)c1cccc2ccccc12)C(=O)Nc1ccc(Cl)cc1. The molecule has 126 valence electrons. The van der Waals surface area contributed by atoms with Crippen LogP contribution in [0.2, 0.25) is 5.02 Å². The summed E-state index contributed by atoms with van der Waals surface area (Å²) in [5.41, 5.74) is 1.02. The molecular formula is C20H16ClNO3. The summed E-state index contributed by atoms with van der Waals surface area (Å²) in [6.45, 7) is 1.54. The van der Waals surface area contributed by atoms with Crippen molar-refractivity contribution in [3.63, 3.8) is 0 Å². The van der Waals surface area contributed by atoms with Crippen molar-refractivity contribution in [2.24, 2.45) is 0 Å². The molecule has 0 radical (unpaired) electrons. The highest BCUT2D eigenvalue weighted by Crippen LogP contribution is 2.20. The minimum absolute atomic E-state index is 0.407. The average Bonchev–Trinajstić information content (AvgIpc) is 2.63. The van der Waals surface area contributed by atoms with Crippen LogP contribution in [-0.2, 0) is 9.53 Å². The molecule has 1 atom stereocenters. The highest BCUT2D eigenvalue weighted by Gasteiger charge is 2.20. The number of hydrogen-bond donors (Lipinski definition) is 1. The van der Waals surface area contributed by atoms with Gasteiger partial charge in [-0.1, -0.05) is 48.0 Å². The molecule has 0 aliphatic rings. The van der Waals surface area contributed by atoms with Gasteiger partial charge in [-0.3, -0.25) is 4.79 Å². The molecule has 0 saturated heterocycles. The van der Waals surface area contributed by atoms with Gasteiger partial charge in [-0.05, 0) is 48.0 Å². The number of carbonyl (C=O) groups is 2. The predicted octanol–water partition coefficient (Wildman–Crippen LogP) is 4.68. The van der Waals surface area contributed by atoms with E-state index in [4.69, 9.17) is 16.3 Å². The number of halogens is 1. The van der Waals surface area contributed by atoms with Crippen molar-refractivity contribution in [1.29, 1.82) is 0 Å². The molecule has 3 rings (SSSR count). The van der Waals surface area contributed by atoms with Gasteiger partial charge in [0.05, 0.1) is 5.56 Å². The summed E-state index contributed by atoms with van der Waals surface area (Å²) in [6.07, 6.45) is -0.929. The molecule has 0 aliphatic heterocycles. The molecular weight excluding hydrogens is 338 g/mol. The van der Waals surface area contributed by atoms with E-state index in [9.17, 15) is 9.59 Å². The van der Waals surface area contributed by atoms with E-state index in [0.717, 1.165) is 10.8 Å². The van der Waals surface area contributed by atoms with E-state index in [-0.39, 0.29) is 0 Å². The predicted molar refractivity (Wildman–Crippen MR) is 98.9 cm³/mol. The summed E-state index contributed by atoms with van der Waals surface area (Å²) >= 11 is 5.81. The third-order valence-electron chi connectivity index (χ3n) is 3.77. The first-order chi connectivity index (χ1) is 12.0. The highest BCUT2D eigenvalue weighted by atomic mass is 35.5. The number of benzene rings is 3. The number of fused-ring (bicyclic) bond motifs is 1. The second-order valence-corrected chi connectivity index (χ2v) is 6.01. The fourth-order valence-electron chi connectivity index (χ4n) is 2.46. The average molecular weight is 354 g/mol. The summed E-state index contributed by atoms with van der Waals surface area (Å²) in [5.74, 6) is -0.938. The second-order valence-electron chi connectivity index (χ2n) is 5.57. The van der Waals surface area contributed by atoms with Crippen LogP contribution in [0.4, 0.5) is 5.69 Å². The summed E-state index contributed by atoms with van der Waals surface area (Å²) in [6, 6.07) is 19.6. The van der Waals surface area contributed by atoms with Crippen LogP contribution in [-0.4, -0.2) is 18.0 Å². The molecule has 3 aromatic rings. The molecule has 0 heterocycles. The van der Waals surface area contributed by atoms with Gasteiger partial charge in [0.1, 0.15) is 0 Å². The Morgan fingerprint density at radius 1 is 0.960 bits per heavy atom. The molecule has 0 spiro atoms. The minimum Gasteiger partial charge on any atom is -0.449 e. The van der Waals surface area contributed by atoms with E-state index >= 15 is 0 Å². The third kappa shape index (κ3) is 3.98. The van der Waals surface area contributed by atoms with E-state index in [1.54, 1.807) is 36.4 Å². The summed E-state index contributed by atoms with van der Waals surface area (Å²) in [5, 5.41) is 5.00. The molecule has 1 amide bonds. The first-order valence-corrected chi connectivity index (χ1v) is 8.17. The molecule has 4 nitrogen and oxygen atoms in total. The van der Waals surface area contributed by atoms with Crippen molar-refractivity contribution < 1.29 is 14.3 Å². The third-order valence-corrected chi connectivity index (χ3v) is 4.03. The van der Waals surface area contributed by atoms with Gasteiger partial charge in [0.2, 0.25) is 0 Å². The van der Waals surface area contributed by atoms with Gasteiger partial charge >= 0.3 is 5.97 Å². The Labute approximate surface area is 150 Å². The molecule has 25 heavy (non-hydrogen) atoms. The number of amides is 1. The smallest absolute Gasteiger partial charge is 0.339 e. The maximum Gasteiger partial charge on any atom is 0.339 e. The molecule has 5 heteroatoms. The van der Waals surface area contributed by atoms with E-state index in [0.29, 0.717) is 16.3 Å². The molecule has 0 unspecified atom stereocenters. The zero-order valence-electron chi connectivity index (χ0n) is 13.5. The van der Waals surface area contributed by atoms with Crippen LogP contribution in [0.1, 0.15) is 17.3 Å². The molecule has 0 saturated carbocycles. The number of esters is 1. The Hall–Kier alpha value is -2.85. The Bertz CT molecular complexity index is 916. The first-order valence-electron chi connectivity index (χ1n) is 7.80. The van der Waals surface area contributed by atoms with Crippen molar-refractivity contribution in [3.05, 3.63) is 77.3 Å². The minimum atomic E-state index is -0.929. The lowest BCUT2D eigenvalue weighted by Gasteiger charge is -2.14. The molecule has 1 N–H and O–H groups in total. The number of hydrogen-bond acceptors (Lipinski definition) is 3. The second kappa shape index (κ2) is 7.36. The maximum atomic E-state index is 12.5. The Balaban J connectivity index is 1.71. The lowest BCUT2D eigenvalue weighted by Crippen LogP contribution is -2.30. The lowest BCUT2D eigenvalue weighted by atomic mass is 10.0. The highest BCUT2D eigenvalue weighted by molar-refractivity contribution is 6.30. The van der Waals surface area contributed by atoms with Crippen molar-refractivity contribution in [1.82, 2.24) is 0 Å². The number of ether oxygens (including phenoxy) is 1. The molecule has 0 fully saturated rings. The molecule has 0 aliphatic carbocycles. The summed E-state index contributed by atoms with van der Waals surface area (Å²) in [4.78, 5) is 24.7. The standard InChI is InChI=1S/C20H16ClNO3/c1-13(19(23)22-16-11-9-15(21)10-12-16)25-20(24)18-8-4-6-14-5-2-3-7-17(14)18/h2-13H,1H3,(H,22,23)/t13-/m1/s1. The van der Waals surface area contributed by atoms with E-state index in [1.165, 1.54) is 6.92 Å². The zero-order valence-corrected chi connectivity index (χ0v) is 14.3. The van der Waals surface area contributed by atoms with Crippen molar-refractivity contribution >= 4 is 39.9 Å². The number of carbonyl (C=O) groups excluding carboxylic acids is 2. The van der Waals surface area contributed by atoms with Crippen LogP contribution in [0.3, 0.4) is 0 Å². The molecule has 0 aromatic heterocycles. The number of rotatable bonds is 4. The Morgan fingerprint density at radius 3 is 2.40 bits per heavy atom. The fourth-order valence-corrected chi connectivity index (χ4v) is 2.58. The maximum absolute atomic E-state index is 12.5. The Morgan fingerprint density at radius 2 is 1.64 bits per heavy atom. The van der Waals surface area contributed by atoms with E-state index < -0.39 is 18.0 Å². The molecule has 0 bridgehead atoms. The summed E-state index contributed by atoms with van der Waals surface area (Å²) < 4.78 is 5.33. The lowest BCUT2D eigenvalue weighted by molar-refractivity contribution is -0.123. The number of nitrogens with one attached hydrogen (secondary N) is 1. The van der Waals surface area contributed by atoms with Gasteiger partial charge in [0, 0.05) is 10.7 Å². The van der Waals surface area contributed by atoms with Gasteiger partial charge in [0.15, 0.2) is 6.10 Å². The van der Waals surface area contributed by atoms with Crippen LogP contribution in [0.25, 0.3) is 10.8 Å². The normalized spacial score (nSPS) is 11.8. The van der Waals surface area contributed by atoms with Crippen LogP contribution in [0.5, 0.6) is 0 Å². The first kappa shape index (κ1) is 17.0. The van der Waals surface area contributed by atoms with Crippen molar-refractivity contribution in [2.75, 3.05) is 5.32 Å². The van der Waals surface area contributed by atoms with Crippen LogP contribution in [0, 0.1) is 0 Å². The fraction of sp³-hybridized carbons (Fsp3) is 0.100. The van der Waals surface area contributed by atoms with E-state index in [2.05, 4.69) is 5.32 Å². The van der Waals surface area contributed by atoms with Crippen molar-refractivity contribution in [2.45, 2.75) is 13.0 Å². The van der Waals surface area contributed by atoms with Crippen molar-refractivity contribution in [3.8, 4) is 0 Å². The largest absolute Gasteiger partial charge is 0.449 e. The quantitative estimate of drug-likeness (QED) is 0.693. The summed E-state index contributed by atoms with van der Waals surface area (Å²) in [7, 11) is 0. The van der Waals surface area contributed by atoms with Gasteiger partial charge < -0.3 is 10.1 Å². The van der Waals surface area contributed by atoms with Crippen LogP contribution >= 0.6 is 11.6 Å². The van der Waals surface area contributed by atoms with Gasteiger partial charge in [-0.2, -0.15) is 0 Å². The van der Waals surface area contributed by atoms with Gasteiger partial charge in [-0.15, -0.1) is 0 Å². The van der Waals surface area contributed by atoms with Gasteiger partial charge in [0.25, 0.3) is 5.91 Å². The van der Waals surface area contributed by atoms with Crippen LogP contribution in [0.15, 0.2) is 66.7 Å². The monoisotopic (exact) mass is 353 g/mol. The Kier molecular flexibility index (Phi) is 5.00. The topological polar surface area (TPSA) is 55.4 Å². The van der Waals surface area contributed by atoms with Crippen LogP contribution < -0.4 is 5.32 Å².